The molecule has 0 bridgehead atoms. The molecule has 2 aliphatic rings. The Morgan fingerprint density at radius 3 is 2.42 bits per heavy atom. The van der Waals surface area contributed by atoms with Gasteiger partial charge in [0.2, 0.25) is 0 Å². The zero-order valence-electron chi connectivity index (χ0n) is 24.3. The van der Waals surface area contributed by atoms with E-state index in [2.05, 4.69) is 92.3 Å². The van der Waals surface area contributed by atoms with Crippen molar-refractivity contribution in [2.45, 2.75) is 25.8 Å². The van der Waals surface area contributed by atoms with E-state index in [9.17, 15) is 0 Å². The Bertz CT molecular complexity index is 1410. The second-order valence-corrected chi connectivity index (χ2v) is 10.9. The van der Waals surface area contributed by atoms with Crippen LogP contribution in [0.4, 0.5) is 11.5 Å². The predicted octanol–water partition coefficient (Wildman–Crippen LogP) is 5.74. The third-order valence-corrected chi connectivity index (χ3v) is 8.15. The van der Waals surface area contributed by atoms with Gasteiger partial charge in [-0.05, 0) is 73.8 Å². The Morgan fingerprint density at radius 2 is 1.68 bits per heavy atom. The van der Waals surface area contributed by atoms with Crippen LogP contribution in [0.5, 0.6) is 0 Å². The van der Waals surface area contributed by atoms with Crippen LogP contribution in [-0.4, -0.2) is 77.9 Å². The molecule has 2 saturated heterocycles. The van der Waals surface area contributed by atoms with E-state index in [1.165, 1.54) is 65.8 Å². The Labute approximate surface area is 239 Å². The number of likely N-dealkylation sites (tertiary alicyclic amines) is 1. The molecule has 2 aromatic carbocycles. The molecule has 4 heterocycles. The van der Waals surface area contributed by atoms with Crippen molar-refractivity contribution in [3.8, 4) is 11.1 Å². The minimum atomic E-state index is 0.893. The van der Waals surface area contributed by atoms with E-state index in [4.69, 9.17) is 0 Å². The van der Waals surface area contributed by atoms with Crippen molar-refractivity contribution in [3.05, 3.63) is 78.8 Å². The Hall–Kier alpha value is -3.68. The van der Waals surface area contributed by atoms with Gasteiger partial charge in [0.15, 0.2) is 0 Å². The van der Waals surface area contributed by atoms with Gasteiger partial charge in [0.05, 0.1) is 11.9 Å². The van der Waals surface area contributed by atoms with Gasteiger partial charge in [-0.2, -0.15) is 5.10 Å². The lowest BCUT2D eigenvalue weighted by Crippen LogP contribution is -2.44. The Kier molecular flexibility index (Phi) is 9.14. The van der Waals surface area contributed by atoms with Crippen molar-refractivity contribution < 1.29 is 0 Å². The van der Waals surface area contributed by atoms with Gasteiger partial charge in [0.1, 0.15) is 5.82 Å². The number of aryl methyl sites for hydroxylation is 1. The van der Waals surface area contributed by atoms with Crippen molar-refractivity contribution in [3.63, 3.8) is 0 Å². The first-order valence-corrected chi connectivity index (χ1v) is 14.5. The number of fused-ring (bicyclic) bond motifs is 1. The van der Waals surface area contributed by atoms with Crippen LogP contribution in [0.2, 0.25) is 0 Å². The summed E-state index contributed by atoms with van der Waals surface area (Å²) in [6, 6.07) is 17.2. The predicted molar refractivity (Wildman–Crippen MR) is 169 cm³/mol. The highest BCUT2D eigenvalue weighted by molar-refractivity contribution is 5.88. The Balaban J connectivity index is 0.000000184. The summed E-state index contributed by atoms with van der Waals surface area (Å²) in [6.45, 7) is 11.7. The molecule has 4 aromatic rings. The van der Waals surface area contributed by atoms with Crippen molar-refractivity contribution in [2.24, 2.45) is 7.05 Å². The summed E-state index contributed by atoms with van der Waals surface area (Å²) in [6.07, 6.45) is 9.80. The molecule has 0 atom stereocenters. The Morgan fingerprint density at radius 1 is 0.875 bits per heavy atom. The molecular weight excluding hydrogens is 494 g/mol. The molecule has 0 unspecified atom stereocenters. The molecule has 0 radical (unpaired) electrons. The summed E-state index contributed by atoms with van der Waals surface area (Å²) >= 11 is 0. The molecule has 7 heteroatoms. The van der Waals surface area contributed by atoms with Crippen LogP contribution in [0.1, 0.15) is 30.5 Å². The summed E-state index contributed by atoms with van der Waals surface area (Å²) in [4.78, 5) is 11.7. The van der Waals surface area contributed by atoms with E-state index in [0.717, 1.165) is 43.9 Å². The summed E-state index contributed by atoms with van der Waals surface area (Å²) in [5.74, 6) is 0.893. The second kappa shape index (κ2) is 13.1. The van der Waals surface area contributed by atoms with Crippen molar-refractivity contribution in [1.82, 2.24) is 24.6 Å². The third-order valence-electron chi connectivity index (χ3n) is 8.15. The maximum atomic E-state index is 4.54. The molecule has 2 fully saturated rings. The van der Waals surface area contributed by atoms with E-state index < -0.39 is 0 Å². The molecular formula is C33H43N7. The number of aromatic nitrogens is 3. The number of nitrogens with zero attached hydrogens (tertiary/aromatic N) is 6. The molecule has 0 saturated carbocycles. The van der Waals surface area contributed by atoms with Gasteiger partial charge >= 0.3 is 0 Å². The van der Waals surface area contributed by atoms with E-state index in [1.807, 2.05) is 37.2 Å². The van der Waals surface area contributed by atoms with Crippen LogP contribution in [0, 0.1) is 0 Å². The molecule has 0 amide bonds. The number of hydrogen-bond acceptors (Lipinski definition) is 6. The first-order valence-electron chi connectivity index (χ1n) is 14.5. The third kappa shape index (κ3) is 6.72. The van der Waals surface area contributed by atoms with Gasteiger partial charge in [-0.1, -0.05) is 43.3 Å². The monoisotopic (exact) mass is 537 g/mol. The van der Waals surface area contributed by atoms with E-state index in [1.54, 1.807) is 0 Å². The van der Waals surface area contributed by atoms with Crippen LogP contribution >= 0.6 is 0 Å². The average molecular weight is 538 g/mol. The SMILES string of the molecule is C=Cc1cccc(N2CCN(C)CC2)c1.CNc1cc2cc(-c3cnn(C)c3CN3CCCCC3)ccc2cn1. The van der Waals surface area contributed by atoms with E-state index in [0.29, 0.717) is 0 Å². The molecule has 2 aliphatic heterocycles. The minimum Gasteiger partial charge on any atom is -0.373 e. The number of benzene rings is 2. The maximum Gasteiger partial charge on any atom is 0.126 e. The van der Waals surface area contributed by atoms with Crippen LogP contribution in [0.3, 0.4) is 0 Å². The number of likely N-dealkylation sites (N-methyl/N-ethyl adjacent to an activating group) is 1. The molecule has 7 nitrogen and oxygen atoms in total. The molecule has 0 aliphatic carbocycles. The highest BCUT2D eigenvalue weighted by Crippen LogP contribution is 2.29. The van der Waals surface area contributed by atoms with Crippen LogP contribution < -0.4 is 10.2 Å². The summed E-state index contributed by atoms with van der Waals surface area (Å²) in [5.41, 5.74) is 6.27. The molecule has 0 spiro atoms. The zero-order chi connectivity index (χ0) is 27.9. The lowest BCUT2D eigenvalue weighted by Gasteiger charge is -2.34. The molecule has 2 aromatic heterocycles. The lowest BCUT2D eigenvalue weighted by molar-refractivity contribution is 0.216. The zero-order valence-corrected chi connectivity index (χ0v) is 24.3. The molecule has 6 rings (SSSR count). The standard InChI is InChI=1S/C20H25N5.C13H18N2/c1-21-20-11-17-10-15(6-7-16(17)12-22-20)18-13-23-24(2)19(18)14-25-8-4-3-5-9-25;1-3-12-5-4-6-13(11-12)15-9-7-14(2)8-10-15/h6-7,10-13H,3-5,8-9,14H2,1-2H3,(H,21,22);3-6,11H,1,7-10H2,2H3. The van der Waals surface area contributed by atoms with Crippen LogP contribution in [0.15, 0.2) is 67.5 Å². The fraction of sp³-hybridized carbons (Fsp3) is 0.394. The van der Waals surface area contributed by atoms with Crippen LogP contribution in [0.25, 0.3) is 28.0 Å². The van der Waals surface area contributed by atoms with Gasteiger partial charge in [-0.3, -0.25) is 9.58 Å². The number of hydrogen-bond donors (Lipinski definition) is 1. The number of anilines is 2. The summed E-state index contributed by atoms with van der Waals surface area (Å²) in [7, 11) is 6.13. The molecule has 210 valence electrons. The van der Waals surface area contributed by atoms with Gasteiger partial charge in [0.25, 0.3) is 0 Å². The number of rotatable bonds is 6. The smallest absolute Gasteiger partial charge is 0.126 e. The first-order chi connectivity index (χ1) is 19.5. The minimum absolute atomic E-state index is 0.893. The average Bonchev–Trinajstić information content (AvgIpc) is 3.37. The summed E-state index contributed by atoms with van der Waals surface area (Å²) in [5, 5.41) is 10.0. The maximum absolute atomic E-state index is 4.54. The number of piperidine rings is 1. The van der Waals surface area contributed by atoms with Gasteiger partial charge < -0.3 is 15.1 Å². The normalized spacial score (nSPS) is 16.4. The van der Waals surface area contributed by atoms with E-state index >= 15 is 0 Å². The topological polar surface area (TPSA) is 52.5 Å². The largest absolute Gasteiger partial charge is 0.373 e. The first kappa shape index (κ1) is 27.9. The van der Waals surface area contributed by atoms with Gasteiger partial charge in [-0.15, -0.1) is 0 Å². The van der Waals surface area contributed by atoms with Crippen LogP contribution in [-0.2, 0) is 13.6 Å². The fourth-order valence-corrected chi connectivity index (χ4v) is 5.58. The lowest BCUT2D eigenvalue weighted by atomic mass is 10.0. The second-order valence-electron chi connectivity index (χ2n) is 10.9. The highest BCUT2D eigenvalue weighted by atomic mass is 15.3. The van der Waals surface area contributed by atoms with Crippen molar-refractivity contribution >= 4 is 28.4 Å². The van der Waals surface area contributed by atoms with E-state index in [-0.39, 0.29) is 0 Å². The molecule has 40 heavy (non-hydrogen) atoms. The quantitative estimate of drug-likeness (QED) is 0.338. The number of pyridine rings is 1. The molecule has 1 N–H and O–H groups in total. The fourth-order valence-electron chi connectivity index (χ4n) is 5.58. The highest BCUT2D eigenvalue weighted by Gasteiger charge is 2.17. The summed E-state index contributed by atoms with van der Waals surface area (Å²) < 4.78 is 2.03. The van der Waals surface area contributed by atoms with Gasteiger partial charge in [-0.25, -0.2) is 4.98 Å². The van der Waals surface area contributed by atoms with Gasteiger partial charge in [0, 0.05) is 69.7 Å². The number of nitrogens with one attached hydrogen (secondary N) is 1. The number of piperazine rings is 1. The van der Waals surface area contributed by atoms with Crippen molar-refractivity contribution in [2.75, 3.05) is 63.6 Å². The van der Waals surface area contributed by atoms with Crippen molar-refractivity contribution in [1.29, 1.82) is 0 Å².